The van der Waals surface area contributed by atoms with E-state index in [0.29, 0.717) is 17.7 Å². The number of carbonyl (C=O) groups is 1. The zero-order chi connectivity index (χ0) is 21.2. The summed E-state index contributed by atoms with van der Waals surface area (Å²) in [6, 6.07) is 19.4. The number of fused-ring (bicyclic) bond motifs is 2. The molecule has 4 nitrogen and oxygen atoms in total. The molecule has 4 heteroatoms. The molecule has 5 rings (SSSR count). The quantitative estimate of drug-likeness (QED) is 0.517. The molecule has 1 N–H and O–H groups in total. The average molecular weight is 414 g/mol. The minimum atomic E-state index is 0.117. The van der Waals surface area contributed by atoms with E-state index in [9.17, 15) is 4.79 Å². The molecule has 2 aliphatic rings. The predicted octanol–water partition coefficient (Wildman–Crippen LogP) is 5.95. The number of aromatic amines is 1. The highest BCUT2D eigenvalue weighted by Gasteiger charge is 2.30. The zero-order valence-corrected chi connectivity index (χ0v) is 18.3. The molecule has 31 heavy (non-hydrogen) atoms. The van der Waals surface area contributed by atoms with Crippen LogP contribution in [0, 0.1) is 5.92 Å². The highest BCUT2D eigenvalue weighted by atomic mass is 16.2. The number of rotatable bonds is 5. The van der Waals surface area contributed by atoms with E-state index in [1.807, 2.05) is 30.3 Å². The van der Waals surface area contributed by atoms with Crippen LogP contribution in [0.5, 0.6) is 0 Å². The van der Waals surface area contributed by atoms with E-state index in [1.165, 1.54) is 17.5 Å². The van der Waals surface area contributed by atoms with Crippen molar-refractivity contribution >= 4 is 23.0 Å². The van der Waals surface area contributed by atoms with Crippen molar-refractivity contribution in [3.05, 3.63) is 71.4 Å². The monoisotopic (exact) mass is 413 g/mol. The van der Waals surface area contributed by atoms with Gasteiger partial charge in [-0.25, -0.2) is 0 Å². The summed E-state index contributed by atoms with van der Waals surface area (Å²) >= 11 is 0. The molecular weight excluding hydrogens is 382 g/mol. The van der Waals surface area contributed by atoms with Gasteiger partial charge in [0.15, 0.2) is 0 Å². The fourth-order valence-corrected chi connectivity index (χ4v) is 5.45. The van der Waals surface area contributed by atoms with E-state index < -0.39 is 0 Å². The number of aromatic nitrogens is 1. The van der Waals surface area contributed by atoms with Gasteiger partial charge in [-0.2, -0.15) is 0 Å². The number of amides is 1. The fourth-order valence-electron chi connectivity index (χ4n) is 5.45. The van der Waals surface area contributed by atoms with Crippen LogP contribution in [0.15, 0.2) is 59.6 Å². The summed E-state index contributed by atoms with van der Waals surface area (Å²) in [6.07, 6.45) is 8.87. The maximum Gasteiger partial charge on any atom is 0.270 e. The van der Waals surface area contributed by atoms with Gasteiger partial charge in [0.2, 0.25) is 0 Å². The molecule has 160 valence electrons. The molecule has 3 atom stereocenters. The second-order valence-corrected chi connectivity index (χ2v) is 8.99. The van der Waals surface area contributed by atoms with Gasteiger partial charge in [-0.15, -0.1) is 0 Å². The lowest BCUT2D eigenvalue weighted by Gasteiger charge is -2.36. The Balaban J connectivity index is 1.28. The first kappa shape index (κ1) is 20.0. The molecule has 1 amide bonds. The first-order chi connectivity index (χ1) is 15.2. The van der Waals surface area contributed by atoms with Gasteiger partial charge in [-0.1, -0.05) is 48.9 Å². The van der Waals surface area contributed by atoms with Crippen LogP contribution in [0.25, 0.3) is 10.9 Å². The molecule has 2 aromatic carbocycles. The number of aliphatic imine (C=N–C) groups is 1. The van der Waals surface area contributed by atoms with Crippen molar-refractivity contribution in [2.45, 2.75) is 57.5 Å². The number of hydrogen-bond acceptors (Lipinski definition) is 2. The third-order valence-corrected chi connectivity index (χ3v) is 7.07. The molecule has 0 saturated heterocycles. The molecule has 1 aromatic heterocycles. The summed E-state index contributed by atoms with van der Waals surface area (Å²) in [7, 11) is 0. The lowest BCUT2D eigenvalue weighted by Crippen LogP contribution is -2.43. The van der Waals surface area contributed by atoms with Crippen LogP contribution in [0.3, 0.4) is 0 Å². The molecule has 0 spiro atoms. The van der Waals surface area contributed by atoms with Gasteiger partial charge >= 0.3 is 0 Å². The summed E-state index contributed by atoms with van der Waals surface area (Å²) in [4.78, 5) is 23.7. The molecule has 3 aromatic rings. The van der Waals surface area contributed by atoms with E-state index in [2.05, 4.69) is 47.3 Å². The van der Waals surface area contributed by atoms with E-state index in [0.717, 1.165) is 49.6 Å². The van der Waals surface area contributed by atoms with E-state index in [-0.39, 0.29) is 11.9 Å². The lowest BCUT2D eigenvalue weighted by molar-refractivity contribution is 0.0629. The molecule has 0 radical (unpaired) electrons. The number of carbonyl (C=O) groups excluding carboxylic acids is 1. The van der Waals surface area contributed by atoms with Gasteiger partial charge in [-0.05, 0) is 68.2 Å². The first-order valence-electron chi connectivity index (χ1n) is 11.7. The normalized spacial score (nSPS) is 23.3. The summed E-state index contributed by atoms with van der Waals surface area (Å²) < 4.78 is 0. The molecule has 1 unspecified atom stereocenters. The van der Waals surface area contributed by atoms with E-state index >= 15 is 0 Å². The number of nitrogens with zero attached hydrogens (tertiary/aromatic N) is 2. The number of hydrogen-bond donors (Lipinski definition) is 1. The molecule has 1 fully saturated rings. The SMILES string of the molecule is CCN(C(=O)c1cc2ccccc2[nH]1)[C@H]1CCCC(/C=N/[C@@H]2CCc3ccccc32)C1. The second-order valence-electron chi connectivity index (χ2n) is 8.99. The minimum absolute atomic E-state index is 0.117. The Bertz CT molecular complexity index is 1070. The Labute approximate surface area is 184 Å². The van der Waals surface area contributed by atoms with Gasteiger partial charge in [0.05, 0.1) is 6.04 Å². The lowest BCUT2D eigenvalue weighted by atomic mass is 9.85. The number of nitrogens with one attached hydrogen (secondary N) is 1. The van der Waals surface area contributed by atoms with Crippen LogP contribution in [-0.4, -0.2) is 34.6 Å². The van der Waals surface area contributed by atoms with Gasteiger partial charge in [0.1, 0.15) is 5.69 Å². The van der Waals surface area contributed by atoms with Gasteiger partial charge < -0.3 is 9.88 Å². The van der Waals surface area contributed by atoms with Crippen LogP contribution >= 0.6 is 0 Å². The van der Waals surface area contributed by atoms with Crippen molar-refractivity contribution in [2.24, 2.45) is 10.9 Å². The summed E-state index contributed by atoms with van der Waals surface area (Å²) in [5.74, 6) is 0.571. The number of benzene rings is 2. The van der Waals surface area contributed by atoms with Crippen LogP contribution < -0.4 is 0 Å². The van der Waals surface area contributed by atoms with Crippen molar-refractivity contribution in [1.82, 2.24) is 9.88 Å². The summed E-state index contributed by atoms with van der Waals surface area (Å²) in [5, 5.41) is 1.09. The summed E-state index contributed by atoms with van der Waals surface area (Å²) in [6.45, 7) is 2.83. The van der Waals surface area contributed by atoms with Gasteiger partial charge in [0.25, 0.3) is 5.91 Å². The average Bonchev–Trinajstić information content (AvgIpc) is 3.43. The topological polar surface area (TPSA) is 48.5 Å². The number of aryl methyl sites for hydroxylation is 1. The van der Waals surface area contributed by atoms with Crippen molar-refractivity contribution < 1.29 is 4.79 Å². The van der Waals surface area contributed by atoms with E-state index in [1.54, 1.807) is 0 Å². The maximum atomic E-state index is 13.3. The van der Waals surface area contributed by atoms with Crippen molar-refractivity contribution in [3.8, 4) is 0 Å². The predicted molar refractivity (Wildman–Crippen MR) is 127 cm³/mol. The number of H-pyrrole nitrogens is 1. The third kappa shape index (κ3) is 4.04. The Morgan fingerprint density at radius 1 is 1.13 bits per heavy atom. The van der Waals surface area contributed by atoms with E-state index in [4.69, 9.17) is 4.99 Å². The fraction of sp³-hybridized carbons (Fsp3) is 0.407. The highest BCUT2D eigenvalue weighted by Crippen LogP contribution is 2.35. The minimum Gasteiger partial charge on any atom is -0.351 e. The Morgan fingerprint density at radius 3 is 2.84 bits per heavy atom. The smallest absolute Gasteiger partial charge is 0.270 e. The van der Waals surface area contributed by atoms with Crippen LogP contribution in [0.1, 0.15) is 66.7 Å². The second kappa shape index (κ2) is 8.70. The summed E-state index contributed by atoms with van der Waals surface area (Å²) in [5.41, 5.74) is 4.57. The molecule has 0 bridgehead atoms. The van der Waals surface area contributed by atoms with Crippen LogP contribution in [0.4, 0.5) is 0 Å². The van der Waals surface area contributed by atoms with Crippen molar-refractivity contribution in [2.75, 3.05) is 6.54 Å². The highest BCUT2D eigenvalue weighted by molar-refractivity contribution is 5.98. The largest absolute Gasteiger partial charge is 0.351 e. The molecule has 1 heterocycles. The van der Waals surface area contributed by atoms with Gasteiger partial charge in [-0.3, -0.25) is 9.79 Å². The Hall–Kier alpha value is -2.88. The molecule has 1 saturated carbocycles. The zero-order valence-electron chi connectivity index (χ0n) is 18.3. The first-order valence-corrected chi connectivity index (χ1v) is 11.7. The van der Waals surface area contributed by atoms with Gasteiger partial charge in [0, 0.05) is 29.7 Å². The Morgan fingerprint density at radius 2 is 1.97 bits per heavy atom. The maximum absolute atomic E-state index is 13.3. The van der Waals surface area contributed by atoms with Crippen molar-refractivity contribution in [3.63, 3.8) is 0 Å². The third-order valence-electron chi connectivity index (χ3n) is 7.07. The number of para-hydroxylation sites is 1. The molecule has 0 aliphatic heterocycles. The van der Waals surface area contributed by atoms with Crippen molar-refractivity contribution in [1.29, 1.82) is 0 Å². The standard InChI is InChI=1S/C27H31N3O/c1-2-30(27(31)26-17-21-10-4-6-13-24(21)29-26)22-11-7-8-19(16-22)18-28-25-15-14-20-9-3-5-12-23(20)25/h3-6,9-10,12-13,17-19,22,25,29H,2,7-8,11,14-16H2,1H3/b28-18+/t19?,22-,25+/m0/s1. The molecular formula is C27H31N3O. The van der Waals surface area contributed by atoms with Crippen LogP contribution in [0.2, 0.25) is 0 Å². The van der Waals surface area contributed by atoms with Crippen LogP contribution in [-0.2, 0) is 6.42 Å². The Kier molecular flexibility index (Phi) is 5.63. The molecule has 2 aliphatic carbocycles.